The number of piperidine rings is 1. The summed E-state index contributed by atoms with van der Waals surface area (Å²) in [6.07, 6.45) is 3.67. The fourth-order valence-corrected chi connectivity index (χ4v) is 4.94. The minimum atomic E-state index is -3.29. The van der Waals surface area contributed by atoms with Crippen molar-refractivity contribution in [3.05, 3.63) is 34.9 Å². The van der Waals surface area contributed by atoms with Crippen molar-refractivity contribution < 1.29 is 8.42 Å². The van der Waals surface area contributed by atoms with Gasteiger partial charge in [-0.15, -0.1) is 0 Å². The van der Waals surface area contributed by atoms with Gasteiger partial charge >= 0.3 is 0 Å². The Bertz CT molecular complexity index is 607. The molecule has 2 aliphatic heterocycles. The fourth-order valence-electron chi connectivity index (χ4n) is 3.27. The number of halogens is 1. The van der Waals surface area contributed by atoms with Crippen LogP contribution in [0.25, 0.3) is 0 Å². The van der Waals surface area contributed by atoms with Crippen LogP contribution in [0.4, 0.5) is 0 Å². The number of hydrogen-bond acceptors (Lipinski definition) is 3. The Morgan fingerprint density at radius 1 is 1.04 bits per heavy atom. The van der Waals surface area contributed by atoms with E-state index in [9.17, 15) is 8.42 Å². The summed E-state index contributed by atoms with van der Waals surface area (Å²) in [5, 5.41) is 0.753. The third kappa shape index (κ3) is 4.67. The molecule has 128 valence electrons. The van der Waals surface area contributed by atoms with Crippen LogP contribution in [0.3, 0.4) is 0 Å². The monoisotopic (exact) mass is 357 g/mol. The Kier molecular flexibility index (Phi) is 5.59. The van der Waals surface area contributed by atoms with Gasteiger partial charge in [-0.1, -0.05) is 23.7 Å². The first kappa shape index (κ1) is 17.2. The molecule has 0 atom stereocenters. The number of likely N-dealkylation sites (tertiary alicyclic amines) is 1. The molecule has 2 aliphatic rings. The van der Waals surface area contributed by atoms with Crippen LogP contribution in [0.1, 0.15) is 31.2 Å². The van der Waals surface area contributed by atoms with Gasteiger partial charge in [0.25, 0.3) is 10.2 Å². The highest BCUT2D eigenvalue weighted by Gasteiger charge is 2.29. The van der Waals surface area contributed by atoms with Crippen molar-refractivity contribution in [1.29, 1.82) is 0 Å². The lowest BCUT2D eigenvalue weighted by molar-refractivity contribution is 0.199. The molecule has 0 aliphatic carbocycles. The zero-order valence-corrected chi connectivity index (χ0v) is 14.8. The van der Waals surface area contributed by atoms with Crippen molar-refractivity contribution in [3.63, 3.8) is 0 Å². The van der Waals surface area contributed by atoms with Gasteiger partial charge in [-0.3, -0.25) is 4.90 Å². The fraction of sp³-hybridized carbons (Fsp3) is 0.625. The normalized spacial score (nSPS) is 21.8. The van der Waals surface area contributed by atoms with Gasteiger partial charge < -0.3 is 0 Å². The Morgan fingerprint density at radius 3 is 2.26 bits per heavy atom. The van der Waals surface area contributed by atoms with Crippen molar-refractivity contribution in [1.82, 2.24) is 13.9 Å². The maximum atomic E-state index is 12.3. The van der Waals surface area contributed by atoms with E-state index in [0.29, 0.717) is 13.1 Å². The highest BCUT2D eigenvalue weighted by Crippen LogP contribution is 2.18. The molecule has 7 heteroatoms. The van der Waals surface area contributed by atoms with Gasteiger partial charge in [0, 0.05) is 43.8 Å². The van der Waals surface area contributed by atoms with Crippen molar-refractivity contribution in [2.75, 3.05) is 26.2 Å². The summed E-state index contributed by atoms with van der Waals surface area (Å²) < 4.78 is 29.0. The van der Waals surface area contributed by atoms with Gasteiger partial charge in [0.05, 0.1) is 0 Å². The Hall–Kier alpha value is -0.660. The minimum Gasteiger partial charge on any atom is -0.299 e. The first-order chi connectivity index (χ1) is 11.0. The molecule has 0 amide bonds. The molecule has 3 rings (SSSR count). The average Bonchev–Trinajstić information content (AvgIpc) is 3.07. The minimum absolute atomic E-state index is 0.0575. The molecule has 1 aromatic carbocycles. The van der Waals surface area contributed by atoms with Crippen molar-refractivity contribution in [2.24, 2.45) is 0 Å². The van der Waals surface area contributed by atoms with Crippen LogP contribution in [0.5, 0.6) is 0 Å². The highest BCUT2D eigenvalue weighted by molar-refractivity contribution is 7.87. The Labute approximate surface area is 143 Å². The summed E-state index contributed by atoms with van der Waals surface area (Å²) >= 11 is 5.91. The Balaban J connectivity index is 1.47. The van der Waals surface area contributed by atoms with E-state index in [-0.39, 0.29) is 6.04 Å². The number of hydrogen-bond donors (Lipinski definition) is 1. The third-order valence-electron chi connectivity index (χ3n) is 4.63. The molecule has 0 aromatic heterocycles. The predicted molar refractivity (Wildman–Crippen MR) is 92.6 cm³/mol. The van der Waals surface area contributed by atoms with Gasteiger partial charge in [-0.2, -0.15) is 17.4 Å². The summed E-state index contributed by atoms with van der Waals surface area (Å²) in [5.74, 6) is 0. The highest BCUT2D eigenvalue weighted by atomic mass is 35.5. The lowest BCUT2D eigenvalue weighted by Gasteiger charge is -2.33. The maximum Gasteiger partial charge on any atom is 0.279 e. The molecule has 2 saturated heterocycles. The van der Waals surface area contributed by atoms with Gasteiger partial charge in [0.1, 0.15) is 0 Å². The van der Waals surface area contributed by atoms with Crippen molar-refractivity contribution in [2.45, 2.75) is 38.3 Å². The van der Waals surface area contributed by atoms with E-state index in [0.717, 1.165) is 50.3 Å². The van der Waals surface area contributed by atoms with Crippen molar-refractivity contribution >= 4 is 21.8 Å². The van der Waals surface area contributed by atoms with E-state index in [1.54, 1.807) is 4.31 Å². The molecule has 2 fully saturated rings. The molecule has 23 heavy (non-hydrogen) atoms. The number of nitrogens with one attached hydrogen (secondary N) is 1. The second kappa shape index (κ2) is 7.49. The van der Waals surface area contributed by atoms with Crippen LogP contribution in [0.15, 0.2) is 24.3 Å². The summed E-state index contributed by atoms with van der Waals surface area (Å²) in [7, 11) is -3.29. The molecule has 0 unspecified atom stereocenters. The van der Waals surface area contributed by atoms with E-state index in [1.807, 2.05) is 24.3 Å². The zero-order valence-electron chi connectivity index (χ0n) is 13.2. The molecule has 2 heterocycles. The maximum absolute atomic E-state index is 12.3. The quantitative estimate of drug-likeness (QED) is 0.879. The summed E-state index contributed by atoms with van der Waals surface area (Å²) in [6, 6.07) is 7.97. The second-order valence-corrected chi connectivity index (χ2v) is 8.54. The lowest BCUT2D eigenvalue weighted by atomic mass is 10.1. The van der Waals surface area contributed by atoms with E-state index >= 15 is 0 Å². The van der Waals surface area contributed by atoms with Gasteiger partial charge in [-0.25, -0.2) is 0 Å². The summed E-state index contributed by atoms with van der Waals surface area (Å²) in [6.45, 7) is 4.03. The van der Waals surface area contributed by atoms with Crippen molar-refractivity contribution in [3.8, 4) is 0 Å². The first-order valence-corrected chi connectivity index (χ1v) is 10.1. The number of nitrogens with zero attached hydrogens (tertiary/aromatic N) is 2. The van der Waals surface area contributed by atoms with Gasteiger partial charge in [0.2, 0.25) is 0 Å². The van der Waals surface area contributed by atoms with Gasteiger partial charge in [-0.05, 0) is 43.4 Å². The van der Waals surface area contributed by atoms with Crippen LogP contribution < -0.4 is 4.72 Å². The average molecular weight is 358 g/mol. The molecule has 1 aromatic rings. The van der Waals surface area contributed by atoms with E-state index in [4.69, 9.17) is 11.6 Å². The third-order valence-corrected chi connectivity index (χ3v) is 6.56. The number of benzene rings is 1. The molecule has 5 nitrogen and oxygen atoms in total. The molecular formula is C16H24ClN3O2S. The topological polar surface area (TPSA) is 52.7 Å². The van der Waals surface area contributed by atoms with Gasteiger partial charge in [0.15, 0.2) is 0 Å². The van der Waals surface area contributed by atoms with Crippen LogP contribution in [-0.4, -0.2) is 49.8 Å². The zero-order chi connectivity index (χ0) is 16.3. The SMILES string of the molecule is O=S(=O)(NC1CCN(Cc2ccc(Cl)cc2)CC1)N1CCCC1. The van der Waals surface area contributed by atoms with Crippen LogP contribution >= 0.6 is 11.6 Å². The van der Waals surface area contributed by atoms with E-state index < -0.39 is 10.2 Å². The lowest BCUT2D eigenvalue weighted by Crippen LogP contribution is -2.48. The van der Waals surface area contributed by atoms with E-state index in [2.05, 4.69) is 9.62 Å². The summed E-state index contributed by atoms with van der Waals surface area (Å²) in [4.78, 5) is 2.36. The Morgan fingerprint density at radius 2 is 1.65 bits per heavy atom. The molecule has 0 saturated carbocycles. The molecular weight excluding hydrogens is 334 g/mol. The predicted octanol–water partition coefficient (Wildman–Crippen LogP) is 2.23. The second-order valence-electron chi connectivity index (χ2n) is 6.41. The molecule has 0 radical (unpaired) electrons. The number of rotatable bonds is 5. The standard InChI is InChI=1S/C16H24ClN3O2S/c17-15-5-3-14(4-6-15)13-19-11-7-16(8-12-19)18-23(21,22)20-9-1-2-10-20/h3-6,16,18H,1-2,7-13H2. The molecule has 0 bridgehead atoms. The summed E-state index contributed by atoms with van der Waals surface area (Å²) in [5.41, 5.74) is 1.24. The largest absolute Gasteiger partial charge is 0.299 e. The van der Waals surface area contributed by atoms with Crippen LogP contribution in [-0.2, 0) is 16.8 Å². The van der Waals surface area contributed by atoms with E-state index in [1.165, 1.54) is 5.56 Å². The first-order valence-electron chi connectivity index (χ1n) is 8.27. The molecule has 1 N–H and O–H groups in total. The van der Waals surface area contributed by atoms with Crippen LogP contribution in [0, 0.1) is 0 Å². The van der Waals surface area contributed by atoms with Crippen LogP contribution in [0.2, 0.25) is 5.02 Å². The molecule has 0 spiro atoms. The smallest absolute Gasteiger partial charge is 0.279 e.